The molecule has 1 heterocycles. The van der Waals surface area contributed by atoms with Gasteiger partial charge in [-0.15, -0.1) is 24.2 Å². The molecule has 106 valence electrons. The zero-order valence-electron chi connectivity index (χ0n) is 10.3. The van der Waals surface area contributed by atoms with Crippen molar-refractivity contribution < 1.29 is 13.6 Å². The lowest BCUT2D eigenvalue weighted by Crippen LogP contribution is -2.43. The van der Waals surface area contributed by atoms with Crippen molar-refractivity contribution in [2.75, 3.05) is 11.6 Å². The van der Waals surface area contributed by atoms with Gasteiger partial charge in [0.2, 0.25) is 5.91 Å². The van der Waals surface area contributed by atoms with Crippen LogP contribution in [0.25, 0.3) is 0 Å². The lowest BCUT2D eigenvalue weighted by molar-refractivity contribution is -0.123. The molecule has 1 fully saturated rings. The van der Waals surface area contributed by atoms with Gasteiger partial charge in [0.25, 0.3) is 0 Å². The molecule has 7 heteroatoms. The van der Waals surface area contributed by atoms with Crippen LogP contribution in [0.3, 0.4) is 0 Å². The largest absolute Gasteiger partial charge is 0.348 e. The van der Waals surface area contributed by atoms with Gasteiger partial charge in [-0.25, -0.2) is 8.78 Å². The van der Waals surface area contributed by atoms with Crippen LogP contribution in [0.4, 0.5) is 8.78 Å². The number of hydrogen-bond acceptors (Lipinski definition) is 3. The molecule has 1 amide bonds. The number of thioether (sulfide) groups is 1. The van der Waals surface area contributed by atoms with Crippen LogP contribution >= 0.6 is 24.2 Å². The van der Waals surface area contributed by atoms with Crippen LogP contribution in [0.15, 0.2) is 18.2 Å². The van der Waals surface area contributed by atoms with E-state index in [9.17, 15) is 13.6 Å². The summed E-state index contributed by atoms with van der Waals surface area (Å²) in [4.78, 5) is 11.8. The number of halogens is 3. The Labute approximate surface area is 120 Å². The first-order valence-electron chi connectivity index (χ1n) is 5.65. The van der Waals surface area contributed by atoms with Gasteiger partial charge in [-0.2, -0.15) is 0 Å². The number of hydrogen-bond donors (Lipinski definition) is 2. The quantitative estimate of drug-likeness (QED) is 0.900. The molecule has 1 aromatic carbocycles. The molecule has 2 unspecified atom stereocenters. The highest BCUT2D eigenvalue weighted by Crippen LogP contribution is 2.20. The van der Waals surface area contributed by atoms with Gasteiger partial charge < -0.3 is 5.32 Å². The summed E-state index contributed by atoms with van der Waals surface area (Å²) < 4.78 is 27.0. The lowest BCUT2D eigenvalue weighted by Gasteiger charge is -2.18. The Morgan fingerprint density at radius 3 is 2.63 bits per heavy atom. The monoisotopic (exact) mass is 308 g/mol. The van der Waals surface area contributed by atoms with Crippen LogP contribution < -0.4 is 10.6 Å². The standard InChI is InChI=1S/C12H14F2N2OS.ClH/c1-7(11-8(13)3-2-4-9(11)14)16-12(17)10-5-18-6-15-10;/h2-4,7,10,15H,5-6H2,1H3,(H,16,17);1H. The molecule has 2 atom stereocenters. The summed E-state index contributed by atoms with van der Waals surface area (Å²) >= 11 is 1.62. The van der Waals surface area contributed by atoms with Gasteiger partial charge in [0.1, 0.15) is 11.6 Å². The molecule has 0 aliphatic carbocycles. The van der Waals surface area contributed by atoms with E-state index in [1.807, 2.05) is 0 Å². The van der Waals surface area contributed by atoms with Crippen LogP contribution in [-0.2, 0) is 4.79 Å². The summed E-state index contributed by atoms with van der Waals surface area (Å²) in [5.41, 5.74) is -0.100. The number of benzene rings is 1. The summed E-state index contributed by atoms with van der Waals surface area (Å²) in [6, 6.07) is 2.70. The first-order chi connectivity index (χ1) is 8.59. The molecule has 3 nitrogen and oxygen atoms in total. The summed E-state index contributed by atoms with van der Waals surface area (Å²) in [5.74, 6) is -0.109. The third-order valence-corrected chi connectivity index (χ3v) is 3.76. The van der Waals surface area contributed by atoms with Crippen molar-refractivity contribution in [1.29, 1.82) is 0 Å². The number of carbonyl (C=O) groups excluding carboxylic acids is 1. The summed E-state index contributed by atoms with van der Waals surface area (Å²) in [6.45, 7) is 1.57. The summed E-state index contributed by atoms with van der Waals surface area (Å²) in [7, 11) is 0. The maximum atomic E-state index is 13.5. The Balaban J connectivity index is 0.00000180. The fourth-order valence-corrected chi connectivity index (χ4v) is 2.82. The summed E-state index contributed by atoms with van der Waals surface area (Å²) in [5, 5.41) is 5.63. The highest BCUT2D eigenvalue weighted by molar-refractivity contribution is 7.99. The van der Waals surface area contributed by atoms with E-state index >= 15 is 0 Å². The third kappa shape index (κ3) is 3.81. The van der Waals surface area contributed by atoms with E-state index in [1.54, 1.807) is 18.7 Å². The average Bonchev–Trinajstić information content (AvgIpc) is 2.81. The van der Waals surface area contributed by atoms with E-state index in [-0.39, 0.29) is 29.9 Å². The smallest absolute Gasteiger partial charge is 0.238 e. The number of rotatable bonds is 3. The second-order valence-corrected chi connectivity index (χ2v) is 5.17. The molecule has 1 aromatic rings. The van der Waals surface area contributed by atoms with Crippen molar-refractivity contribution in [2.45, 2.75) is 19.0 Å². The van der Waals surface area contributed by atoms with Gasteiger partial charge in [0, 0.05) is 17.2 Å². The highest BCUT2D eigenvalue weighted by atomic mass is 35.5. The normalized spacial score (nSPS) is 19.6. The first kappa shape index (κ1) is 16.2. The van der Waals surface area contributed by atoms with Gasteiger partial charge in [-0.1, -0.05) is 6.07 Å². The maximum Gasteiger partial charge on any atom is 0.238 e. The number of nitrogens with one attached hydrogen (secondary N) is 2. The number of amides is 1. The predicted molar refractivity (Wildman–Crippen MR) is 74.4 cm³/mol. The predicted octanol–water partition coefficient (Wildman–Crippen LogP) is 2.23. The van der Waals surface area contributed by atoms with Crippen LogP contribution in [0.5, 0.6) is 0 Å². The van der Waals surface area contributed by atoms with Crippen molar-refractivity contribution in [3.8, 4) is 0 Å². The molecule has 1 saturated heterocycles. The molecule has 2 rings (SSSR count). The zero-order valence-corrected chi connectivity index (χ0v) is 11.9. The van der Waals surface area contributed by atoms with Crippen LogP contribution in [-0.4, -0.2) is 23.6 Å². The highest BCUT2D eigenvalue weighted by Gasteiger charge is 2.25. The van der Waals surface area contributed by atoms with E-state index in [0.717, 1.165) is 5.88 Å². The Morgan fingerprint density at radius 1 is 1.47 bits per heavy atom. The van der Waals surface area contributed by atoms with Crippen molar-refractivity contribution in [2.24, 2.45) is 0 Å². The van der Waals surface area contributed by atoms with E-state index in [4.69, 9.17) is 0 Å². The molecule has 0 bridgehead atoms. The van der Waals surface area contributed by atoms with Crippen molar-refractivity contribution in [1.82, 2.24) is 10.6 Å². The molecular weight excluding hydrogens is 294 g/mol. The van der Waals surface area contributed by atoms with E-state index in [1.165, 1.54) is 18.2 Å². The second kappa shape index (κ2) is 7.07. The number of carbonyl (C=O) groups is 1. The molecule has 1 aliphatic rings. The van der Waals surface area contributed by atoms with Crippen LogP contribution in [0.2, 0.25) is 0 Å². The molecule has 0 spiro atoms. The van der Waals surface area contributed by atoms with Gasteiger partial charge in [0.05, 0.1) is 12.1 Å². The summed E-state index contributed by atoms with van der Waals surface area (Å²) in [6.07, 6.45) is 0. The Morgan fingerprint density at radius 2 is 2.11 bits per heavy atom. The molecule has 1 aliphatic heterocycles. The molecule has 0 saturated carbocycles. The van der Waals surface area contributed by atoms with Crippen LogP contribution in [0.1, 0.15) is 18.5 Å². The lowest BCUT2D eigenvalue weighted by atomic mass is 10.1. The van der Waals surface area contributed by atoms with Gasteiger partial charge >= 0.3 is 0 Å². The van der Waals surface area contributed by atoms with Gasteiger partial charge in [-0.3, -0.25) is 10.1 Å². The van der Waals surface area contributed by atoms with Gasteiger partial charge in [0.15, 0.2) is 0 Å². The van der Waals surface area contributed by atoms with Crippen molar-refractivity contribution >= 4 is 30.1 Å². The van der Waals surface area contributed by atoms with Gasteiger partial charge in [-0.05, 0) is 19.1 Å². The first-order valence-corrected chi connectivity index (χ1v) is 6.80. The Kier molecular flexibility index (Phi) is 6.03. The minimum absolute atomic E-state index is 0. The average molecular weight is 309 g/mol. The third-order valence-electron chi connectivity index (χ3n) is 2.82. The Hall–Kier alpha value is -0.850. The Bertz CT molecular complexity index is 435. The second-order valence-electron chi connectivity index (χ2n) is 4.14. The minimum atomic E-state index is -0.689. The van der Waals surface area contributed by atoms with E-state index < -0.39 is 17.7 Å². The fourth-order valence-electron chi connectivity index (χ4n) is 1.87. The van der Waals surface area contributed by atoms with Crippen molar-refractivity contribution in [3.05, 3.63) is 35.4 Å². The molecule has 0 aromatic heterocycles. The van der Waals surface area contributed by atoms with Crippen LogP contribution in [0, 0.1) is 11.6 Å². The fraction of sp³-hybridized carbons (Fsp3) is 0.417. The van der Waals surface area contributed by atoms with Crippen molar-refractivity contribution in [3.63, 3.8) is 0 Å². The zero-order chi connectivity index (χ0) is 13.1. The van der Waals surface area contributed by atoms with E-state index in [2.05, 4.69) is 10.6 Å². The SMILES string of the molecule is CC(NC(=O)C1CSCN1)c1c(F)cccc1F.Cl. The maximum absolute atomic E-state index is 13.5. The molecule has 19 heavy (non-hydrogen) atoms. The molecular formula is C12H15ClF2N2OS. The minimum Gasteiger partial charge on any atom is -0.348 e. The topological polar surface area (TPSA) is 41.1 Å². The van der Waals surface area contributed by atoms with E-state index in [0.29, 0.717) is 5.75 Å². The molecule has 0 radical (unpaired) electrons. The molecule has 2 N–H and O–H groups in total.